The zero-order valence-electron chi connectivity index (χ0n) is 17.3. The number of aromatic nitrogens is 6. The number of hydrogen-bond donors (Lipinski definition) is 2. The lowest BCUT2D eigenvalue weighted by molar-refractivity contribution is 0.121. The van der Waals surface area contributed by atoms with Gasteiger partial charge < -0.3 is 15.4 Å². The van der Waals surface area contributed by atoms with Crippen LogP contribution in [0.3, 0.4) is 0 Å². The highest BCUT2D eigenvalue weighted by Crippen LogP contribution is 2.32. The molecular weight excluding hydrogens is 458 g/mol. The highest BCUT2D eigenvalue weighted by Gasteiger charge is 2.21. The van der Waals surface area contributed by atoms with Crippen LogP contribution in [-0.4, -0.2) is 43.1 Å². The van der Waals surface area contributed by atoms with E-state index in [1.54, 1.807) is 19.1 Å². The first-order valence-corrected chi connectivity index (χ1v) is 9.96. The fourth-order valence-corrected chi connectivity index (χ4v) is 3.32. The number of carbonyl (C=O) groups is 1. The van der Waals surface area contributed by atoms with Crippen LogP contribution in [-0.2, 0) is 4.74 Å². The molecule has 2 N–H and O–H groups in total. The Kier molecular flexibility index (Phi) is 6.38. The van der Waals surface area contributed by atoms with Crippen molar-refractivity contribution < 1.29 is 18.3 Å². The molecule has 0 aromatic carbocycles. The highest BCUT2D eigenvalue weighted by atomic mass is 35.5. The summed E-state index contributed by atoms with van der Waals surface area (Å²) in [5.74, 6) is -0.140. The van der Waals surface area contributed by atoms with Crippen LogP contribution >= 0.6 is 11.6 Å². The second-order valence-electron chi connectivity index (χ2n) is 6.80. The number of carbonyl (C=O) groups excluding carboxylic acids is 1. The number of halogens is 3. The second-order valence-corrected chi connectivity index (χ2v) is 7.19. The Morgan fingerprint density at radius 1 is 1.15 bits per heavy atom. The van der Waals surface area contributed by atoms with E-state index in [1.165, 1.54) is 31.9 Å². The molecule has 1 atom stereocenters. The molecule has 0 bridgehead atoms. The molecule has 170 valence electrons. The van der Waals surface area contributed by atoms with Crippen molar-refractivity contribution >= 4 is 40.0 Å². The van der Waals surface area contributed by atoms with E-state index in [-0.39, 0.29) is 16.7 Å². The van der Waals surface area contributed by atoms with Gasteiger partial charge in [0.15, 0.2) is 5.82 Å². The van der Waals surface area contributed by atoms with Crippen LogP contribution in [0.4, 0.5) is 25.0 Å². The van der Waals surface area contributed by atoms with Gasteiger partial charge in [-0.15, -0.1) is 4.80 Å². The van der Waals surface area contributed by atoms with E-state index in [2.05, 4.69) is 35.8 Å². The van der Waals surface area contributed by atoms with E-state index >= 15 is 0 Å². The molecular formula is C20H17ClF2N8O2. The molecule has 2 amide bonds. The number of fused-ring (bicyclic) bond motifs is 1. The molecule has 0 spiro atoms. The quantitative estimate of drug-likeness (QED) is 0.393. The monoisotopic (exact) mass is 474 g/mol. The Morgan fingerprint density at radius 2 is 1.91 bits per heavy atom. The van der Waals surface area contributed by atoms with E-state index < -0.39 is 24.1 Å². The Bertz CT molecular complexity index is 1300. The molecule has 4 aromatic heterocycles. The summed E-state index contributed by atoms with van der Waals surface area (Å²) in [5.41, 5.74) is 1.53. The van der Waals surface area contributed by atoms with Gasteiger partial charge in [0.1, 0.15) is 5.15 Å². The Morgan fingerprint density at radius 3 is 2.61 bits per heavy atom. The van der Waals surface area contributed by atoms with Crippen LogP contribution in [0.2, 0.25) is 5.15 Å². The SMILES string of the molecule is CO[C@@H](C)c1c(NC(=O)Nc2cnc(-n3nccn3)c(C(F)F)c2)cnc2ccc(Cl)nc12. The van der Waals surface area contributed by atoms with Gasteiger partial charge in [-0.2, -0.15) is 10.2 Å². The Hall–Kier alpha value is -3.77. The second kappa shape index (κ2) is 9.38. The van der Waals surface area contributed by atoms with Crippen LogP contribution in [0, 0.1) is 0 Å². The zero-order chi connectivity index (χ0) is 23.5. The lowest BCUT2D eigenvalue weighted by atomic mass is 10.1. The van der Waals surface area contributed by atoms with Gasteiger partial charge >= 0.3 is 6.03 Å². The summed E-state index contributed by atoms with van der Waals surface area (Å²) < 4.78 is 32.6. The molecule has 4 heterocycles. The summed E-state index contributed by atoms with van der Waals surface area (Å²) in [5, 5.41) is 13.0. The van der Waals surface area contributed by atoms with Gasteiger partial charge in [0.05, 0.1) is 58.9 Å². The number of alkyl halides is 2. The zero-order valence-corrected chi connectivity index (χ0v) is 18.1. The van der Waals surface area contributed by atoms with Crippen molar-refractivity contribution in [1.29, 1.82) is 0 Å². The summed E-state index contributed by atoms with van der Waals surface area (Å²) >= 11 is 6.04. The number of methoxy groups -OCH3 is 1. The Labute approximate surface area is 191 Å². The van der Waals surface area contributed by atoms with Gasteiger partial charge in [-0.25, -0.2) is 23.5 Å². The maximum atomic E-state index is 13.6. The molecule has 0 unspecified atom stereocenters. The number of urea groups is 1. The van der Waals surface area contributed by atoms with Crippen LogP contribution < -0.4 is 10.6 Å². The third-order valence-corrected chi connectivity index (χ3v) is 4.93. The third kappa shape index (κ3) is 4.71. The number of nitrogens with zero attached hydrogens (tertiary/aromatic N) is 6. The molecule has 13 heteroatoms. The molecule has 0 fully saturated rings. The normalized spacial score (nSPS) is 12.2. The molecule has 4 rings (SSSR count). The van der Waals surface area contributed by atoms with Crippen LogP contribution in [0.1, 0.15) is 30.6 Å². The van der Waals surface area contributed by atoms with Gasteiger partial charge in [-0.05, 0) is 25.1 Å². The predicted octanol–water partition coefficient (Wildman–Crippen LogP) is 4.55. The number of rotatable bonds is 6. The van der Waals surface area contributed by atoms with Crippen LogP contribution in [0.15, 0.2) is 43.0 Å². The van der Waals surface area contributed by atoms with E-state index in [1.807, 2.05) is 0 Å². The minimum atomic E-state index is -2.86. The molecule has 33 heavy (non-hydrogen) atoms. The third-order valence-electron chi connectivity index (χ3n) is 4.72. The van der Waals surface area contributed by atoms with Crippen molar-refractivity contribution in [3.8, 4) is 5.82 Å². The molecule has 0 aliphatic heterocycles. The maximum absolute atomic E-state index is 13.6. The van der Waals surface area contributed by atoms with Crippen LogP contribution in [0.25, 0.3) is 16.9 Å². The van der Waals surface area contributed by atoms with Crippen molar-refractivity contribution in [2.75, 3.05) is 17.7 Å². The molecule has 0 saturated heterocycles. The Balaban J connectivity index is 1.62. The van der Waals surface area contributed by atoms with E-state index in [0.29, 0.717) is 22.3 Å². The summed E-state index contributed by atoms with van der Waals surface area (Å²) in [6.45, 7) is 1.78. The lowest BCUT2D eigenvalue weighted by Gasteiger charge is -2.18. The standard InChI is InChI=1S/C20H17ClF2N8O2/c1-10(33-2)16-14(9-24-13-3-4-15(21)30-17(13)16)29-20(32)28-11-7-12(18(22)23)19(25-8-11)31-26-5-6-27-31/h3-10,18H,1-2H3,(H2,28,29,32)/t10-/m0/s1. The van der Waals surface area contributed by atoms with E-state index in [0.717, 1.165) is 10.9 Å². The van der Waals surface area contributed by atoms with Gasteiger partial charge in [0.2, 0.25) is 0 Å². The minimum Gasteiger partial charge on any atom is -0.377 e. The van der Waals surface area contributed by atoms with Crippen molar-refractivity contribution in [1.82, 2.24) is 29.9 Å². The average molecular weight is 475 g/mol. The van der Waals surface area contributed by atoms with Crippen LogP contribution in [0.5, 0.6) is 0 Å². The fraction of sp³-hybridized carbons (Fsp3) is 0.200. The van der Waals surface area contributed by atoms with Crippen molar-refractivity contribution in [3.05, 3.63) is 59.3 Å². The molecule has 4 aromatic rings. The van der Waals surface area contributed by atoms with E-state index in [4.69, 9.17) is 16.3 Å². The smallest absolute Gasteiger partial charge is 0.323 e. The largest absolute Gasteiger partial charge is 0.377 e. The number of nitrogens with one attached hydrogen (secondary N) is 2. The average Bonchev–Trinajstić information content (AvgIpc) is 3.33. The first kappa shape index (κ1) is 22.4. The number of ether oxygens (including phenoxy) is 1. The van der Waals surface area contributed by atoms with Gasteiger partial charge in [0, 0.05) is 12.7 Å². The van der Waals surface area contributed by atoms with Gasteiger partial charge in [-0.3, -0.25) is 4.98 Å². The van der Waals surface area contributed by atoms with Crippen molar-refractivity contribution in [2.45, 2.75) is 19.5 Å². The molecule has 10 nitrogen and oxygen atoms in total. The highest BCUT2D eigenvalue weighted by molar-refractivity contribution is 6.29. The number of hydrogen-bond acceptors (Lipinski definition) is 7. The summed E-state index contributed by atoms with van der Waals surface area (Å²) in [4.78, 5) is 26.2. The topological polar surface area (TPSA) is 120 Å². The number of anilines is 2. The molecule has 0 aliphatic rings. The summed E-state index contributed by atoms with van der Waals surface area (Å²) in [6.07, 6.45) is 2.05. The molecule has 0 saturated carbocycles. The van der Waals surface area contributed by atoms with Crippen molar-refractivity contribution in [3.63, 3.8) is 0 Å². The predicted molar refractivity (Wildman–Crippen MR) is 117 cm³/mol. The summed E-state index contributed by atoms with van der Waals surface area (Å²) in [6, 6.07) is 3.71. The summed E-state index contributed by atoms with van der Waals surface area (Å²) in [7, 11) is 1.51. The molecule has 0 radical (unpaired) electrons. The first-order chi connectivity index (χ1) is 15.9. The molecule has 0 aliphatic carbocycles. The number of amides is 2. The number of pyridine rings is 3. The first-order valence-electron chi connectivity index (χ1n) is 9.58. The van der Waals surface area contributed by atoms with Crippen molar-refractivity contribution in [2.24, 2.45) is 0 Å². The van der Waals surface area contributed by atoms with Gasteiger partial charge in [0.25, 0.3) is 6.43 Å². The van der Waals surface area contributed by atoms with Gasteiger partial charge in [-0.1, -0.05) is 11.6 Å². The maximum Gasteiger partial charge on any atom is 0.323 e. The minimum absolute atomic E-state index is 0.0509. The fourth-order valence-electron chi connectivity index (χ4n) is 3.17. The van der Waals surface area contributed by atoms with E-state index in [9.17, 15) is 13.6 Å². The lowest BCUT2D eigenvalue weighted by Crippen LogP contribution is -2.21.